The Morgan fingerprint density at radius 3 is 2.70 bits per heavy atom. The number of carbonyl (C=O) groups excluding carboxylic acids is 1. The number of likely N-dealkylation sites (tertiary alicyclic amines) is 1. The topological polar surface area (TPSA) is 75.2 Å². The highest BCUT2D eigenvalue weighted by Gasteiger charge is 2.23. The van der Waals surface area contributed by atoms with Crippen molar-refractivity contribution in [3.8, 4) is 5.75 Å². The summed E-state index contributed by atoms with van der Waals surface area (Å²) in [5, 5.41) is 6.76. The third-order valence-electron chi connectivity index (χ3n) is 4.18. The summed E-state index contributed by atoms with van der Waals surface area (Å²) in [4.78, 5) is 17.3. The Hall–Kier alpha value is -2.29. The summed E-state index contributed by atoms with van der Waals surface area (Å²) < 4.78 is 34.3. The summed E-state index contributed by atoms with van der Waals surface area (Å²) in [5.41, 5.74) is 0.492. The molecule has 27 heavy (non-hydrogen) atoms. The van der Waals surface area contributed by atoms with Crippen LogP contribution < -0.4 is 15.4 Å². The van der Waals surface area contributed by atoms with Crippen LogP contribution in [0.25, 0.3) is 0 Å². The molecule has 0 bridgehead atoms. The zero-order valence-corrected chi connectivity index (χ0v) is 15.9. The number of carbonyl (C=O) groups is 1. The molecule has 10 heteroatoms. The van der Waals surface area contributed by atoms with Crippen molar-refractivity contribution in [2.24, 2.45) is 4.99 Å². The van der Waals surface area contributed by atoms with E-state index in [0.717, 1.165) is 12.8 Å². The normalized spacial score (nSPS) is 15.6. The number of rotatable bonds is 5. The highest BCUT2D eigenvalue weighted by Crippen LogP contribution is 2.24. The van der Waals surface area contributed by atoms with E-state index in [-0.39, 0.29) is 24.4 Å². The van der Waals surface area contributed by atoms with Crippen LogP contribution in [0.5, 0.6) is 5.75 Å². The maximum atomic E-state index is 12.5. The van der Waals surface area contributed by atoms with Crippen LogP contribution in [-0.2, 0) is 11.3 Å². The van der Waals surface area contributed by atoms with Crippen molar-refractivity contribution in [1.29, 1.82) is 0 Å². The molecule has 7 nitrogen and oxygen atoms in total. The standard InChI is InChI=1S/C17H23ClF2N4O3/c1-21-16(23-13-5-7-24(8-6-13)17(25)26-2)22-10-11-9-12(18)3-4-14(11)27-15(19)20/h3-4,9,13,15H,5-8,10H2,1-2H3,(H2,21,22,23). The first-order chi connectivity index (χ1) is 12.9. The van der Waals surface area contributed by atoms with E-state index in [1.165, 1.54) is 19.2 Å². The molecule has 1 aliphatic heterocycles. The van der Waals surface area contributed by atoms with E-state index < -0.39 is 6.61 Å². The summed E-state index contributed by atoms with van der Waals surface area (Å²) in [5.74, 6) is 0.582. The van der Waals surface area contributed by atoms with Crippen LogP contribution in [-0.4, -0.2) is 56.9 Å². The van der Waals surface area contributed by atoms with Gasteiger partial charge in [-0.2, -0.15) is 8.78 Å². The number of alkyl halides is 2. The van der Waals surface area contributed by atoms with Crippen molar-refractivity contribution in [2.45, 2.75) is 32.0 Å². The first-order valence-electron chi connectivity index (χ1n) is 8.46. The van der Waals surface area contributed by atoms with Gasteiger partial charge in [0.1, 0.15) is 5.75 Å². The predicted octanol–water partition coefficient (Wildman–Crippen LogP) is 2.84. The molecule has 1 aromatic carbocycles. The lowest BCUT2D eigenvalue weighted by molar-refractivity contribution is -0.0504. The van der Waals surface area contributed by atoms with Gasteiger partial charge in [0.05, 0.1) is 7.11 Å². The van der Waals surface area contributed by atoms with Gasteiger partial charge in [0.2, 0.25) is 0 Å². The minimum atomic E-state index is -2.91. The molecule has 0 aliphatic carbocycles. The molecule has 150 valence electrons. The molecular formula is C17H23ClF2N4O3. The lowest BCUT2D eigenvalue weighted by Crippen LogP contribution is -2.49. The molecule has 1 amide bonds. The quantitative estimate of drug-likeness (QED) is 0.583. The van der Waals surface area contributed by atoms with Crippen molar-refractivity contribution in [2.75, 3.05) is 27.2 Å². The zero-order chi connectivity index (χ0) is 19.8. The third-order valence-corrected chi connectivity index (χ3v) is 4.41. The number of nitrogens with one attached hydrogen (secondary N) is 2. The van der Waals surface area contributed by atoms with Gasteiger partial charge in [0.25, 0.3) is 0 Å². The Morgan fingerprint density at radius 2 is 2.11 bits per heavy atom. The largest absolute Gasteiger partial charge is 0.453 e. The summed E-state index contributed by atoms with van der Waals surface area (Å²) in [6.07, 6.45) is 1.16. The second-order valence-corrected chi connectivity index (χ2v) is 6.37. The van der Waals surface area contributed by atoms with E-state index in [0.29, 0.717) is 29.6 Å². The number of ether oxygens (including phenoxy) is 2. The number of methoxy groups -OCH3 is 1. The number of hydrogen-bond acceptors (Lipinski definition) is 4. The molecule has 1 saturated heterocycles. The van der Waals surface area contributed by atoms with Gasteiger partial charge in [-0.05, 0) is 31.0 Å². The van der Waals surface area contributed by atoms with E-state index in [1.54, 1.807) is 18.0 Å². The average Bonchev–Trinajstić information content (AvgIpc) is 2.66. The molecule has 0 saturated carbocycles. The van der Waals surface area contributed by atoms with E-state index in [2.05, 4.69) is 20.4 Å². The van der Waals surface area contributed by atoms with Gasteiger partial charge >= 0.3 is 12.7 Å². The number of benzene rings is 1. The smallest absolute Gasteiger partial charge is 0.409 e. The van der Waals surface area contributed by atoms with Gasteiger partial charge in [0.15, 0.2) is 5.96 Å². The first kappa shape index (κ1) is 21.0. The lowest BCUT2D eigenvalue weighted by Gasteiger charge is -2.32. The Balaban J connectivity index is 1.90. The van der Waals surface area contributed by atoms with Gasteiger partial charge < -0.3 is 25.0 Å². The summed E-state index contributed by atoms with van der Waals surface area (Å²) >= 11 is 5.95. The van der Waals surface area contributed by atoms with Crippen molar-refractivity contribution in [1.82, 2.24) is 15.5 Å². The van der Waals surface area contributed by atoms with E-state index in [9.17, 15) is 13.6 Å². The molecule has 0 radical (unpaired) electrons. The Kier molecular flexibility index (Phi) is 7.90. The third kappa shape index (κ3) is 6.42. The monoisotopic (exact) mass is 404 g/mol. The second-order valence-electron chi connectivity index (χ2n) is 5.93. The fraction of sp³-hybridized carbons (Fsp3) is 0.529. The fourth-order valence-electron chi connectivity index (χ4n) is 2.80. The molecule has 2 N–H and O–H groups in total. The predicted molar refractivity (Wildman–Crippen MR) is 98.4 cm³/mol. The second kappa shape index (κ2) is 10.1. The Morgan fingerprint density at radius 1 is 1.41 bits per heavy atom. The minimum absolute atomic E-state index is 0.0590. The van der Waals surface area contributed by atoms with Gasteiger partial charge in [-0.3, -0.25) is 4.99 Å². The van der Waals surface area contributed by atoms with Crippen LogP contribution in [0.3, 0.4) is 0 Å². The van der Waals surface area contributed by atoms with Crippen molar-refractivity contribution in [3.05, 3.63) is 28.8 Å². The van der Waals surface area contributed by atoms with Crippen molar-refractivity contribution in [3.63, 3.8) is 0 Å². The van der Waals surface area contributed by atoms with Crippen molar-refractivity contribution >= 4 is 23.7 Å². The number of piperidine rings is 1. The van der Waals surface area contributed by atoms with Crippen LogP contribution in [0.2, 0.25) is 5.02 Å². The van der Waals surface area contributed by atoms with Gasteiger partial charge in [-0.25, -0.2) is 4.79 Å². The zero-order valence-electron chi connectivity index (χ0n) is 15.2. The van der Waals surface area contributed by atoms with Crippen LogP contribution in [0.15, 0.2) is 23.2 Å². The average molecular weight is 405 g/mol. The molecule has 1 aliphatic rings. The summed E-state index contributed by atoms with van der Waals surface area (Å²) in [6.45, 7) is -1.53. The number of amides is 1. The first-order valence-corrected chi connectivity index (χ1v) is 8.84. The molecule has 1 aromatic rings. The lowest BCUT2D eigenvalue weighted by atomic mass is 10.1. The van der Waals surface area contributed by atoms with E-state index >= 15 is 0 Å². The molecule has 1 heterocycles. The van der Waals surface area contributed by atoms with Gasteiger partial charge in [-0.15, -0.1) is 0 Å². The number of hydrogen-bond donors (Lipinski definition) is 2. The molecule has 0 spiro atoms. The van der Waals surface area contributed by atoms with Gasteiger partial charge in [0, 0.05) is 43.3 Å². The fourth-order valence-corrected chi connectivity index (χ4v) is 2.99. The number of aliphatic imine (C=N–C) groups is 1. The SMILES string of the molecule is CN=C(NCc1cc(Cl)ccc1OC(F)F)NC1CCN(C(=O)OC)CC1. The Bertz CT molecular complexity index is 668. The molecule has 2 rings (SSSR count). The summed E-state index contributed by atoms with van der Waals surface area (Å²) in [6, 6.07) is 4.59. The van der Waals surface area contributed by atoms with E-state index in [1.807, 2.05) is 0 Å². The minimum Gasteiger partial charge on any atom is -0.453 e. The highest BCUT2D eigenvalue weighted by molar-refractivity contribution is 6.30. The number of halogens is 3. The van der Waals surface area contributed by atoms with Crippen LogP contribution in [0.4, 0.5) is 13.6 Å². The summed E-state index contributed by atoms with van der Waals surface area (Å²) in [7, 11) is 2.98. The molecule has 0 aromatic heterocycles. The number of nitrogens with zero attached hydrogens (tertiary/aromatic N) is 2. The van der Waals surface area contributed by atoms with Crippen LogP contribution in [0, 0.1) is 0 Å². The van der Waals surface area contributed by atoms with Gasteiger partial charge in [-0.1, -0.05) is 11.6 Å². The molecule has 0 atom stereocenters. The van der Waals surface area contributed by atoms with Crippen molar-refractivity contribution < 1.29 is 23.0 Å². The molecule has 0 unspecified atom stereocenters. The Labute approximate surface area is 161 Å². The number of guanidine groups is 1. The maximum Gasteiger partial charge on any atom is 0.409 e. The van der Waals surface area contributed by atoms with Crippen LogP contribution >= 0.6 is 11.6 Å². The molecular weight excluding hydrogens is 382 g/mol. The van der Waals surface area contributed by atoms with E-state index in [4.69, 9.17) is 16.3 Å². The van der Waals surface area contributed by atoms with Crippen LogP contribution in [0.1, 0.15) is 18.4 Å². The molecule has 1 fully saturated rings. The maximum absolute atomic E-state index is 12.5. The highest BCUT2D eigenvalue weighted by atomic mass is 35.5.